The van der Waals surface area contributed by atoms with Crippen LogP contribution < -0.4 is 0 Å². The van der Waals surface area contributed by atoms with Gasteiger partial charge in [0.2, 0.25) is 0 Å². The number of hydrogen-bond acceptors (Lipinski definition) is 3. The van der Waals surface area contributed by atoms with Gasteiger partial charge in [-0.3, -0.25) is 0 Å². The van der Waals surface area contributed by atoms with E-state index in [1.165, 1.54) is 0 Å². The van der Waals surface area contributed by atoms with E-state index in [-0.39, 0.29) is 13.2 Å². The first-order valence-electron chi connectivity index (χ1n) is 5.73. The van der Waals surface area contributed by atoms with Crippen molar-refractivity contribution in [2.75, 3.05) is 13.2 Å². The minimum absolute atomic E-state index is 0.0165. The van der Waals surface area contributed by atoms with Crippen LogP contribution in [-0.2, 0) is 22.4 Å². The second-order valence-electron chi connectivity index (χ2n) is 4.35. The lowest BCUT2D eigenvalue weighted by Crippen LogP contribution is -2.43. The normalized spacial score (nSPS) is 16.8. The summed E-state index contributed by atoms with van der Waals surface area (Å²) in [6.07, 6.45) is 1.28. The molecule has 17 heavy (non-hydrogen) atoms. The van der Waals surface area contributed by atoms with E-state index in [4.69, 9.17) is 9.84 Å². The van der Waals surface area contributed by atoms with Gasteiger partial charge in [0.15, 0.2) is 5.60 Å². The molecule has 1 aromatic rings. The summed E-state index contributed by atoms with van der Waals surface area (Å²) in [7, 11) is 0. The van der Waals surface area contributed by atoms with E-state index >= 15 is 0 Å². The zero-order valence-electron chi connectivity index (χ0n) is 9.56. The van der Waals surface area contributed by atoms with E-state index in [0.717, 1.165) is 11.1 Å². The number of ether oxygens (including phenoxy) is 1. The van der Waals surface area contributed by atoms with Crippen molar-refractivity contribution >= 4 is 5.97 Å². The minimum atomic E-state index is -1.14. The number of aliphatic hydroxyl groups excluding tert-OH is 1. The SMILES string of the molecule is O=C(O)C1(OCCCO)Cc2ccccc2C1. The fraction of sp³-hybridized carbons (Fsp3) is 0.462. The molecule has 0 fully saturated rings. The Balaban J connectivity index is 2.14. The summed E-state index contributed by atoms with van der Waals surface area (Å²) < 4.78 is 5.52. The highest BCUT2D eigenvalue weighted by molar-refractivity contribution is 5.80. The molecule has 0 aliphatic heterocycles. The predicted molar refractivity (Wildman–Crippen MR) is 61.9 cm³/mol. The maximum atomic E-state index is 11.4. The van der Waals surface area contributed by atoms with Crippen molar-refractivity contribution in [2.45, 2.75) is 24.9 Å². The van der Waals surface area contributed by atoms with Gasteiger partial charge in [-0.25, -0.2) is 4.79 Å². The average Bonchev–Trinajstić information content (AvgIpc) is 2.69. The molecule has 1 aliphatic rings. The molecule has 0 spiro atoms. The van der Waals surface area contributed by atoms with Gasteiger partial charge >= 0.3 is 5.97 Å². The van der Waals surface area contributed by atoms with E-state index in [0.29, 0.717) is 19.3 Å². The van der Waals surface area contributed by atoms with E-state index in [9.17, 15) is 9.90 Å². The summed E-state index contributed by atoms with van der Waals surface area (Å²) in [6.45, 7) is 0.291. The van der Waals surface area contributed by atoms with Gasteiger partial charge in [-0.05, 0) is 17.5 Å². The molecule has 1 aliphatic carbocycles. The van der Waals surface area contributed by atoms with Gasteiger partial charge in [-0.2, -0.15) is 0 Å². The van der Waals surface area contributed by atoms with Crippen LogP contribution in [0.15, 0.2) is 24.3 Å². The van der Waals surface area contributed by atoms with Crippen molar-refractivity contribution < 1.29 is 19.7 Å². The van der Waals surface area contributed by atoms with Gasteiger partial charge < -0.3 is 14.9 Å². The molecular formula is C13H16O4. The van der Waals surface area contributed by atoms with Crippen LogP contribution in [0.1, 0.15) is 17.5 Å². The predicted octanol–water partition coefficient (Wildman–Crippen LogP) is 1.01. The number of hydrogen-bond donors (Lipinski definition) is 2. The zero-order valence-corrected chi connectivity index (χ0v) is 9.56. The van der Waals surface area contributed by atoms with Crippen molar-refractivity contribution in [3.63, 3.8) is 0 Å². The molecule has 0 saturated heterocycles. The Hall–Kier alpha value is -1.39. The van der Waals surface area contributed by atoms with Crippen LogP contribution in [0.25, 0.3) is 0 Å². The summed E-state index contributed by atoms with van der Waals surface area (Å²) >= 11 is 0. The number of rotatable bonds is 5. The van der Waals surface area contributed by atoms with E-state index < -0.39 is 11.6 Å². The Morgan fingerprint density at radius 2 is 1.88 bits per heavy atom. The molecule has 0 heterocycles. The molecule has 0 atom stereocenters. The number of carboxylic acids is 1. The second kappa shape index (κ2) is 4.85. The van der Waals surface area contributed by atoms with Crippen molar-refractivity contribution in [1.29, 1.82) is 0 Å². The third-order valence-electron chi connectivity index (χ3n) is 3.14. The fourth-order valence-electron chi connectivity index (χ4n) is 2.23. The lowest BCUT2D eigenvalue weighted by molar-refractivity contribution is -0.165. The standard InChI is InChI=1S/C13H16O4/c14-6-3-7-17-13(12(15)16)8-10-4-1-2-5-11(10)9-13/h1-2,4-5,14H,3,6-9H2,(H,15,16). The number of fused-ring (bicyclic) bond motifs is 1. The summed E-state index contributed by atoms with van der Waals surface area (Å²) in [5.74, 6) is -0.924. The van der Waals surface area contributed by atoms with Crippen molar-refractivity contribution in [1.82, 2.24) is 0 Å². The Morgan fingerprint density at radius 1 is 1.29 bits per heavy atom. The molecule has 1 aromatic carbocycles. The first-order chi connectivity index (χ1) is 8.18. The monoisotopic (exact) mass is 236 g/mol. The Labute approximate surface area is 99.8 Å². The highest BCUT2D eigenvalue weighted by atomic mass is 16.5. The molecule has 0 amide bonds. The Morgan fingerprint density at radius 3 is 2.35 bits per heavy atom. The van der Waals surface area contributed by atoms with Crippen molar-refractivity contribution in [3.8, 4) is 0 Å². The molecule has 92 valence electrons. The molecule has 2 N–H and O–H groups in total. The van der Waals surface area contributed by atoms with Gasteiger partial charge in [0.25, 0.3) is 0 Å². The summed E-state index contributed by atoms with van der Waals surface area (Å²) in [6, 6.07) is 7.69. The second-order valence-corrected chi connectivity index (χ2v) is 4.35. The molecule has 0 saturated carbocycles. The maximum absolute atomic E-state index is 11.4. The fourth-order valence-corrected chi connectivity index (χ4v) is 2.23. The first-order valence-corrected chi connectivity index (χ1v) is 5.73. The Bertz CT molecular complexity index is 389. The van der Waals surface area contributed by atoms with Crippen LogP contribution in [-0.4, -0.2) is 35.0 Å². The number of carboxylic acid groups (broad SMARTS) is 1. The number of benzene rings is 1. The third-order valence-corrected chi connectivity index (χ3v) is 3.14. The number of aliphatic carboxylic acids is 1. The molecule has 4 nitrogen and oxygen atoms in total. The van der Waals surface area contributed by atoms with E-state index in [1.54, 1.807) is 0 Å². The zero-order chi connectivity index (χ0) is 12.3. The van der Waals surface area contributed by atoms with Gasteiger partial charge in [-0.15, -0.1) is 0 Å². The highest BCUT2D eigenvalue weighted by Gasteiger charge is 2.45. The van der Waals surface area contributed by atoms with Gasteiger partial charge in [-0.1, -0.05) is 24.3 Å². The van der Waals surface area contributed by atoms with Crippen LogP contribution in [0.2, 0.25) is 0 Å². The molecule has 0 aromatic heterocycles. The van der Waals surface area contributed by atoms with Crippen LogP contribution >= 0.6 is 0 Å². The van der Waals surface area contributed by atoms with E-state index in [1.807, 2.05) is 24.3 Å². The quantitative estimate of drug-likeness (QED) is 0.749. The van der Waals surface area contributed by atoms with Crippen molar-refractivity contribution in [2.24, 2.45) is 0 Å². The lowest BCUT2D eigenvalue weighted by Gasteiger charge is -2.24. The lowest BCUT2D eigenvalue weighted by atomic mass is 10.0. The molecule has 0 radical (unpaired) electrons. The number of aliphatic hydroxyl groups is 1. The van der Waals surface area contributed by atoms with Crippen molar-refractivity contribution in [3.05, 3.63) is 35.4 Å². The highest BCUT2D eigenvalue weighted by Crippen LogP contribution is 2.33. The molecular weight excluding hydrogens is 220 g/mol. The van der Waals surface area contributed by atoms with E-state index in [2.05, 4.69) is 0 Å². The van der Waals surface area contributed by atoms with Gasteiger partial charge in [0, 0.05) is 19.4 Å². The first kappa shape index (κ1) is 12.1. The minimum Gasteiger partial charge on any atom is -0.479 e. The van der Waals surface area contributed by atoms with Crippen LogP contribution in [0.4, 0.5) is 0 Å². The average molecular weight is 236 g/mol. The topological polar surface area (TPSA) is 66.8 Å². The summed E-state index contributed by atoms with van der Waals surface area (Å²) in [4.78, 5) is 11.4. The number of carbonyl (C=O) groups is 1. The third kappa shape index (κ3) is 2.33. The van der Waals surface area contributed by atoms with Crippen LogP contribution in [0.3, 0.4) is 0 Å². The molecule has 4 heteroatoms. The molecule has 2 rings (SSSR count). The molecule has 0 bridgehead atoms. The summed E-state index contributed by atoms with van der Waals surface area (Å²) in [5.41, 5.74) is 0.941. The molecule has 0 unspecified atom stereocenters. The van der Waals surface area contributed by atoms with Crippen LogP contribution in [0.5, 0.6) is 0 Å². The summed E-state index contributed by atoms with van der Waals surface area (Å²) in [5, 5.41) is 18.1. The van der Waals surface area contributed by atoms with Crippen LogP contribution in [0, 0.1) is 0 Å². The van der Waals surface area contributed by atoms with Gasteiger partial charge in [0.05, 0.1) is 6.61 Å². The maximum Gasteiger partial charge on any atom is 0.336 e. The smallest absolute Gasteiger partial charge is 0.336 e. The van der Waals surface area contributed by atoms with Gasteiger partial charge in [0.1, 0.15) is 0 Å². The Kier molecular flexibility index (Phi) is 3.45. The largest absolute Gasteiger partial charge is 0.479 e.